The van der Waals surface area contributed by atoms with Gasteiger partial charge in [0.2, 0.25) is 5.91 Å². The maximum Gasteiger partial charge on any atom is 0.221 e. The molecule has 0 aromatic rings. The molecule has 0 aliphatic heterocycles. The zero-order valence-electron chi connectivity index (χ0n) is 9.28. The lowest BCUT2D eigenvalue weighted by molar-refractivity contribution is -0.292. The van der Waals surface area contributed by atoms with Gasteiger partial charge in [0.05, 0.1) is 12.7 Å². The Morgan fingerprint density at radius 2 is 2.20 bits per heavy atom. The monoisotopic (exact) mass is 214 g/mol. The molecule has 1 amide bonds. The van der Waals surface area contributed by atoms with E-state index in [-0.39, 0.29) is 12.5 Å². The molecule has 1 atom stereocenters. The van der Waals surface area contributed by atoms with Crippen LogP contribution in [0.2, 0.25) is 0 Å². The summed E-state index contributed by atoms with van der Waals surface area (Å²) in [6, 6.07) is 1.29. The van der Waals surface area contributed by atoms with Gasteiger partial charge in [-0.2, -0.15) is 5.26 Å². The van der Waals surface area contributed by atoms with Gasteiger partial charge in [0.15, 0.2) is 0 Å². The van der Waals surface area contributed by atoms with Gasteiger partial charge in [-0.3, -0.25) is 4.79 Å². The number of rotatable bonds is 8. The van der Waals surface area contributed by atoms with Crippen molar-refractivity contribution in [3.8, 4) is 6.07 Å². The van der Waals surface area contributed by atoms with Gasteiger partial charge in [-0.1, -0.05) is 13.3 Å². The number of nitrogens with zero attached hydrogens (tertiary/aromatic N) is 1. The number of nitriles is 1. The number of hydrogen-bond acceptors (Lipinski definition) is 4. The summed E-state index contributed by atoms with van der Waals surface area (Å²) in [4.78, 5) is 20.6. The summed E-state index contributed by atoms with van der Waals surface area (Å²) in [6.07, 6.45) is 2.24. The molecular weight excluding hydrogens is 196 g/mol. The Balaban J connectivity index is 3.69. The molecule has 0 aliphatic rings. The SMILES string of the molecule is CCCCC(=O)NC(C#N)COOCC. The Kier molecular flexibility index (Phi) is 8.73. The molecule has 0 fully saturated rings. The number of amides is 1. The van der Waals surface area contributed by atoms with E-state index in [9.17, 15) is 4.79 Å². The highest BCUT2D eigenvalue weighted by Crippen LogP contribution is 1.95. The first kappa shape index (κ1) is 13.9. The third kappa shape index (κ3) is 7.91. The van der Waals surface area contributed by atoms with Crippen LogP contribution in [0.3, 0.4) is 0 Å². The average Bonchev–Trinajstić information content (AvgIpc) is 2.25. The molecule has 0 spiro atoms. The lowest BCUT2D eigenvalue weighted by atomic mass is 10.2. The molecule has 5 nitrogen and oxygen atoms in total. The average molecular weight is 214 g/mol. The lowest BCUT2D eigenvalue weighted by Crippen LogP contribution is -2.37. The summed E-state index contributed by atoms with van der Waals surface area (Å²) in [7, 11) is 0. The third-order valence-electron chi connectivity index (χ3n) is 1.68. The van der Waals surface area contributed by atoms with E-state index >= 15 is 0 Å². The Morgan fingerprint density at radius 3 is 2.73 bits per heavy atom. The predicted octanol–water partition coefficient (Wildman–Crippen LogP) is 1.15. The molecule has 5 heteroatoms. The zero-order valence-corrected chi connectivity index (χ0v) is 9.28. The van der Waals surface area contributed by atoms with Crippen molar-refractivity contribution in [1.29, 1.82) is 5.26 Å². The van der Waals surface area contributed by atoms with Crippen molar-refractivity contribution in [2.24, 2.45) is 0 Å². The van der Waals surface area contributed by atoms with E-state index in [1.807, 2.05) is 13.0 Å². The minimum Gasteiger partial charge on any atom is -0.338 e. The van der Waals surface area contributed by atoms with Crippen LogP contribution in [0.25, 0.3) is 0 Å². The fourth-order valence-corrected chi connectivity index (χ4v) is 0.915. The van der Waals surface area contributed by atoms with Crippen LogP contribution >= 0.6 is 0 Å². The molecule has 0 aromatic carbocycles. The number of carbonyl (C=O) groups excluding carboxylic acids is 1. The first-order valence-corrected chi connectivity index (χ1v) is 5.18. The quantitative estimate of drug-likeness (QED) is 0.374. The molecule has 0 radical (unpaired) electrons. The van der Waals surface area contributed by atoms with E-state index in [1.165, 1.54) is 0 Å². The molecule has 0 aromatic heterocycles. The van der Waals surface area contributed by atoms with Gasteiger partial charge in [0.25, 0.3) is 0 Å². The predicted molar refractivity (Wildman–Crippen MR) is 54.6 cm³/mol. The standard InChI is InChI=1S/C10H18N2O3/c1-3-5-6-10(13)12-9(7-11)8-15-14-4-2/h9H,3-6,8H2,1-2H3,(H,12,13). The molecule has 0 saturated carbocycles. The number of carbonyl (C=O) groups is 1. The van der Waals surface area contributed by atoms with Gasteiger partial charge < -0.3 is 5.32 Å². The van der Waals surface area contributed by atoms with E-state index < -0.39 is 6.04 Å². The van der Waals surface area contributed by atoms with E-state index in [0.717, 1.165) is 12.8 Å². The molecular formula is C10H18N2O3. The molecule has 0 rings (SSSR count). The Morgan fingerprint density at radius 1 is 1.47 bits per heavy atom. The molecule has 0 aliphatic carbocycles. The molecule has 0 bridgehead atoms. The van der Waals surface area contributed by atoms with Crippen molar-refractivity contribution in [1.82, 2.24) is 5.32 Å². The second-order valence-corrected chi connectivity index (χ2v) is 3.04. The van der Waals surface area contributed by atoms with Crippen molar-refractivity contribution in [3.63, 3.8) is 0 Å². The maximum absolute atomic E-state index is 11.2. The normalized spacial score (nSPS) is 11.8. The third-order valence-corrected chi connectivity index (χ3v) is 1.68. The highest BCUT2D eigenvalue weighted by molar-refractivity contribution is 5.76. The lowest BCUT2D eigenvalue weighted by Gasteiger charge is -2.10. The molecule has 15 heavy (non-hydrogen) atoms. The van der Waals surface area contributed by atoms with E-state index in [4.69, 9.17) is 10.1 Å². The summed E-state index contributed by atoms with van der Waals surface area (Å²) in [5.74, 6) is -0.122. The summed E-state index contributed by atoms with van der Waals surface area (Å²) in [5.41, 5.74) is 0. The van der Waals surface area contributed by atoms with E-state index in [2.05, 4.69) is 10.2 Å². The Labute approximate surface area is 90.3 Å². The molecule has 1 unspecified atom stereocenters. The smallest absolute Gasteiger partial charge is 0.221 e. The molecule has 0 saturated heterocycles. The van der Waals surface area contributed by atoms with Crippen molar-refractivity contribution in [2.45, 2.75) is 39.2 Å². The van der Waals surface area contributed by atoms with Gasteiger partial charge >= 0.3 is 0 Å². The summed E-state index contributed by atoms with van der Waals surface area (Å²) >= 11 is 0. The highest BCUT2D eigenvalue weighted by atomic mass is 17.2. The first-order chi connectivity index (χ1) is 7.24. The van der Waals surface area contributed by atoms with Crippen LogP contribution in [0.15, 0.2) is 0 Å². The molecule has 0 heterocycles. The highest BCUT2D eigenvalue weighted by Gasteiger charge is 2.11. The largest absolute Gasteiger partial charge is 0.338 e. The summed E-state index contributed by atoms with van der Waals surface area (Å²) in [6.45, 7) is 4.26. The molecule has 86 valence electrons. The van der Waals surface area contributed by atoms with Crippen molar-refractivity contribution >= 4 is 5.91 Å². The fraction of sp³-hybridized carbons (Fsp3) is 0.800. The maximum atomic E-state index is 11.2. The fourth-order valence-electron chi connectivity index (χ4n) is 0.915. The summed E-state index contributed by atoms with van der Waals surface area (Å²) in [5, 5.41) is 11.3. The number of nitrogens with one attached hydrogen (secondary N) is 1. The topological polar surface area (TPSA) is 71.4 Å². The van der Waals surface area contributed by atoms with Gasteiger partial charge in [-0.05, 0) is 13.3 Å². The van der Waals surface area contributed by atoms with Crippen LogP contribution < -0.4 is 5.32 Å². The van der Waals surface area contributed by atoms with E-state index in [0.29, 0.717) is 13.0 Å². The minimum atomic E-state index is -0.638. The van der Waals surface area contributed by atoms with Crippen LogP contribution in [0.5, 0.6) is 0 Å². The van der Waals surface area contributed by atoms with Gasteiger partial charge in [-0.25, -0.2) is 9.78 Å². The van der Waals surface area contributed by atoms with Gasteiger partial charge in [0, 0.05) is 6.42 Å². The van der Waals surface area contributed by atoms with Gasteiger partial charge in [0.1, 0.15) is 12.6 Å². The van der Waals surface area contributed by atoms with Crippen molar-refractivity contribution in [2.75, 3.05) is 13.2 Å². The van der Waals surface area contributed by atoms with Crippen LogP contribution in [0.4, 0.5) is 0 Å². The second kappa shape index (κ2) is 9.44. The van der Waals surface area contributed by atoms with Crippen LogP contribution in [0.1, 0.15) is 33.1 Å². The van der Waals surface area contributed by atoms with Crippen LogP contribution in [-0.4, -0.2) is 25.2 Å². The number of unbranched alkanes of at least 4 members (excludes halogenated alkanes) is 1. The van der Waals surface area contributed by atoms with Crippen LogP contribution in [0, 0.1) is 11.3 Å². The second-order valence-electron chi connectivity index (χ2n) is 3.04. The van der Waals surface area contributed by atoms with Crippen molar-refractivity contribution < 1.29 is 14.6 Å². The first-order valence-electron chi connectivity index (χ1n) is 5.18. The minimum absolute atomic E-state index is 0.0577. The molecule has 1 N–H and O–H groups in total. The Hall–Kier alpha value is -1.12. The van der Waals surface area contributed by atoms with E-state index in [1.54, 1.807) is 6.92 Å². The van der Waals surface area contributed by atoms with Crippen molar-refractivity contribution in [3.05, 3.63) is 0 Å². The number of hydrogen-bond donors (Lipinski definition) is 1. The Bertz CT molecular complexity index is 213. The van der Waals surface area contributed by atoms with Gasteiger partial charge in [-0.15, -0.1) is 0 Å². The summed E-state index contributed by atoms with van der Waals surface area (Å²) < 4.78 is 0. The zero-order chi connectivity index (χ0) is 11.5. The van der Waals surface area contributed by atoms with Crippen LogP contribution in [-0.2, 0) is 14.6 Å².